The molecule has 1 aliphatic rings. The average Bonchev–Trinajstić information content (AvgIpc) is 3.04. The minimum Gasteiger partial charge on any atom is -0.370 e. The van der Waals surface area contributed by atoms with Gasteiger partial charge in [0.2, 0.25) is 0 Å². The molecule has 1 aromatic heterocycles. The van der Waals surface area contributed by atoms with Gasteiger partial charge in [-0.1, -0.05) is 11.6 Å². The molecule has 0 aliphatic heterocycles. The summed E-state index contributed by atoms with van der Waals surface area (Å²) in [7, 11) is 0. The number of hydrogen-bond acceptors (Lipinski definition) is 3. The summed E-state index contributed by atoms with van der Waals surface area (Å²) in [4.78, 5) is 8.77. The lowest BCUT2D eigenvalue weighted by atomic mass is 10.3. The van der Waals surface area contributed by atoms with Gasteiger partial charge in [-0.15, -0.1) is 11.3 Å². The molecule has 1 heterocycles. The van der Waals surface area contributed by atoms with Crippen LogP contribution in [0.4, 0.5) is 0 Å². The van der Waals surface area contributed by atoms with Crippen molar-refractivity contribution in [2.24, 2.45) is 10.7 Å². The number of nitrogens with one attached hydrogen (secondary N) is 1. The van der Waals surface area contributed by atoms with Crippen molar-refractivity contribution in [1.29, 1.82) is 0 Å². The molecule has 1 aromatic carbocycles. The summed E-state index contributed by atoms with van der Waals surface area (Å²) in [6.07, 6.45) is 2.38. The largest absolute Gasteiger partial charge is 0.370 e. The molecule has 4 nitrogen and oxygen atoms in total. The van der Waals surface area contributed by atoms with Crippen LogP contribution in [0.25, 0.3) is 10.2 Å². The topological polar surface area (TPSA) is 63.3 Å². The quantitative estimate of drug-likeness (QED) is 0.671. The van der Waals surface area contributed by atoms with E-state index in [1.165, 1.54) is 12.8 Å². The van der Waals surface area contributed by atoms with E-state index in [2.05, 4.69) is 15.3 Å². The number of guanidine groups is 1. The van der Waals surface area contributed by atoms with Gasteiger partial charge in [-0.25, -0.2) is 9.98 Å². The molecule has 0 bridgehead atoms. The lowest BCUT2D eigenvalue weighted by Crippen LogP contribution is -2.33. The van der Waals surface area contributed by atoms with Crippen LogP contribution in [0.3, 0.4) is 0 Å². The van der Waals surface area contributed by atoms with Crippen molar-refractivity contribution in [3.8, 4) is 0 Å². The van der Waals surface area contributed by atoms with Gasteiger partial charge in [0, 0.05) is 11.1 Å². The number of aromatic nitrogens is 1. The highest BCUT2D eigenvalue weighted by molar-refractivity contribution is 7.18. The Morgan fingerprint density at radius 3 is 3.17 bits per heavy atom. The third-order valence-corrected chi connectivity index (χ3v) is 3.96. The molecule has 1 saturated carbocycles. The molecule has 0 radical (unpaired) electrons. The number of thiazole rings is 1. The highest BCUT2D eigenvalue weighted by Gasteiger charge is 2.21. The minimum atomic E-state index is 0.509. The molecule has 1 aliphatic carbocycles. The Balaban J connectivity index is 1.73. The molecular weight excluding hydrogens is 268 g/mol. The van der Waals surface area contributed by atoms with Crippen molar-refractivity contribution in [3.63, 3.8) is 0 Å². The molecule has 3 rings (SSSR count). The monoisotopic (exact) mass is 280 g/mol. The molecular formula is C12H13ClN4S. The first-order valence-corrected chi connectivity index (χ1v) is 7.01. The Labute approximate surface area is 114 Å². The molecule has 2 aromatic rings. The van der Waals surface area contributed by atoms with E-state index < -0.39 is 0 Å². The summed E-state index contributed by atoms with van der Waals surface area (Å²) in [5.41, 5.74) is 6.70. The van der Waals surface area contributed by atoms with E-state index in [9.17, 15) is 0 Å². The number of rotatable bonds is 3. The zero-order chi connectivity index (χ0) is 12.5. The summed E-state index contributed by atoms with van der Waals surface area (Å²) >= 11 is 7.55. The Morgan fingerprint density at radius 2 is 2.39 bits per heavy atom. The van der Waals surface area contributed by atoms with Crippen LogP contribution in [0.5, 0.6) is 0 Å². The molecule has 0 saturated heterocycles. The van der Waals surface area contributed by atoms with Crippen molar-refractivity contribution < 1.29 is 0 Å². The smallest absolute Gasteiger partial charge is 0.189 e. The third kappa shape index (κ3) is 2.73. The van der Waals surface area contributed by atoms with Gasteiger partial charge in [0.15, 0.2) is 5.96 Å². The van der Waals surface area contributed by atoms with Gasteiger partial charge < -0.3 is 11.1 Å². The molecule has 6 heteroatoms. The zero-order valence-corrected chi connectivity index (χ0v) is 11.3. The molecule has 18 heavy (non-hydrogen) atoms. The first-order valence-electron chi connectivity index (χ1n) is 5.82. The Bertz CT molecular complexity index is 603. The van der Waals surface area contributed by atoms with Gasteiger partial charge in [-0.2, -0.15) is 0 Å². The van der Waals surface area contributed by atoms with Crippen LogP contribution in [-0.2, 0) is 6.54 Å². The Hall–Kier alpha value is -1.33. The number of nitrogens with two attached hydrogens (primary N) is 1. The van der Waals surface area contributed by atoms with Crippen LogP contribution in [0.15, 0.2) is 23.2 Å². The lowest BCUT2D eigenvalue weighted by Gasteiger charge is -2.01. The van der Waals surface area contributed by atoms with E-state index in [4.69, 9.17) is 17.3 Å². The molecule has 0 atom stereocenters. The van der Waals surface area contributed by atoms with Crippen LogP contribution in [0, 0.1) is 0 Å². The fourth-order valence-electron chi connectivity index (χ4n) is 1.65. The maximum atomic E-state index is 5.93. The SMILES string of the molecule is NC(=NCc1nc2cc(Cl)ccc2s1)NC1CC1. The minimum absolute atomic E-state index is 0.509. The summed E-state index contributed by atoms with van der Waals surface area (Å²) in [6.45, 7) is 0.516. The van der Waals surface area contributed by atoms with Crippen LogP contribution >= 0.6 is 22.9 Å². The molecule has 0 amide bonds. The summed E-state index contributed by atoms with van der Waals surface area (Å²) in [6, 6.07) is 6.25. The second-order valence-electron chi connectivity index (χ2n) is 4.34. The number of nitrogens with zero attached hydrogens (tertiary/aromatic N) is 2. The van der Waals surface area contributed by atoms with Crippen LogP contribution in [0.1, 0.15) is 17.8 Å². The van der Waals surface area contributed by atoms with Crippen molar-refractivity contribution in [2.45, 2.75) is 25.4 Å². The van der Waals surface area contributed by atoms with Gasteiger partial charge in [-0.05, 0) is 31.0 Å². The number of fused-ring (bicyclic) bond motifs is 1. The van der Waals surface area contributed by atoms with E-state index in [-0.39, 0.29) is 0 Å². The molecule has 0 unspecified atom stereocenters. The average molecular weight is 281 g/mol. The maximum absolute atomic E-state index is 5.93. The second kappa shape index (κ2) is 4.74. The van der Waals surface area contributed by atoms with Crippen LogP contribution < -0.4 is 11.1 Å². The van der Waals surface area contributed by atoms with Gasteiger partial charge in [0.1, 0.15) is 5.01 Å². The Kier molecular flexibility index (Phi) is 3.09. The first kappa shape index (κ1) is 11.7. The maximum Gasteiger partial charge on any atom is 0.189 e. The molecule has 0 spiro atoms. The predicted octanol–water partition coefficient (Wildman–Crippen LogP) is 2.52. The summed E-state index contributed by atoms with van der Waals surface area (Å²) in [5, 5.41) is 4.81. The van der Waals surface area contributed by atoms with E-state index >= 15 is 0 Å². The number of hydrogen-bond donors (Lipinski definition) is 2. The van der Waals surface area contributed by atoms with Gasteiger partial charge in [-0.3, -0.25) is 0 Å². The van der Waals surface area contributed by atoms with E-state index in [0.717, 1.165) is 15.2 Å². The van der Waals surface area contributed by atoms with Crippen LogP contribution in [0.2, 0.25) is 5.02 Å². The number of aliphatic imine (C=N–C) groups is 1. The van der Waals surface area contributed by atoms with Crippen molar-refractivity contribution in [3.05, 3.63) is 28.2 Å². The highest BCUT2D eigenvalue weighted by atomic mass is 35.5. The van der Waals surface area contributed by atoms with Gasteiger partial charge in [0.25, 0.3) is 0 Å². The molecule has 94 valence electrons. The summed E-state index contributed by atoms with van der Waals surface area (Å²) in [5.74, 6) is 0.509. The van der Waals surface area contributed by atoms with E-state index in [0.29, 0.717) is 23.6 Å². The van der Waals surface area contributed by atoms with Crippen LogP contribution in [-0.4, -0.2) is 17.0 Å². The van der Waals surface area contributed by atoms with E-state index in [1.807, 2.05) is 18.2 Å². The first-order chi connectivity index (χ1) is 8.70. The third-order valence-electron chi connectivity index (χ3n) is 2.71. The van der Waals surface area contributed by atoms with E-state index in [1.54, 1.807) is 11.3 Å². The predicted molar refractivity (Wildman–Crippen MR) is 76.1 cm³/mol. The van der Waals surface area contributed by atoms with Crippen molar-refractivity contribution in [1.82, 2.24) is 10.3 Å². The lowest BCUT2D eigenvalue weighted by molar-refractivity contribution is 0.877. The number of halogens is 1. The highest BCUT2D eigenvalue weighted by Crippen LogP contribution is 2.25. The standard InChI is InChI=1S/C12H13ClN4S/c13-7-1-4-10-9(5-7)17-11(18-10)6-15-12(14)16-8-2-3-8/h1,4-5,8H,2-3,6H2,(H3,14,15,16). The van der Waals surface area contributed by atoms with Gasteiger partial charge in [0.05, 0.1) is 16.8 Å². The summed E-state index contributed by atoms with van der Waals surface area (Å²) < 4.78 is 1.12. The Morgan fingerprint density at radius 1 is 1.56 bits per heavy atom. The fourth-order valence-corrected chi connectivity index (χ4v) is 2.69. The zero-order valence-electron chi connectivity index (χ0n) is 9.69. The normalized spacial score (nSPS) is 16.2. The fraction of sp³-hybridized carbons (Fsp3) is 0.333. The van der Waals surface area contributed by atoms with Crippen molar-refractivity contribution >= 4 is 39.1 Å². The van der Waals surface area contributed by atoms with Gasteiger partial charge >= 0.3 is 0 Å². The molecule has 1 fully saturated rings. The van der Waals surface area contributed by atoms with Crippen molar-refractivity contribution in [2.75, 3.05) is 0 Å². The second-order valence-corrected chi connectivity index (χ2v) is 5.89. The number of benzene rings is 1. The molecule has 3 N–H and O–H groups in total.